The van der Waals surface area contributed by atoms with Crippen molar-refractivity contribution in [1.82, 2.24) is 15.1 Å². The third-order valence-electron chi connectivity index (χ3n) is 5.62. The SMILES string of the molecule is O=C(/C=C/c1ccc(Cl)c(Cl)c1)NCCCCN1CCCN(C(=O)Nc2ccc(F)c(Cl)c2)CC1. The van der Waals surface area contributed by atoms with Crippen molar-refractivity contribution in [2.75, 3.05) is 44.6 Å². The van der Waals surface area contributed by atoms with Gasteiger partial charge in [-0.25, -0.2) is 9.18 Å². The van der Waals surface area contributed by atoms with E-state index >= 15 is 0 Å². The predicted molar refractivity (Wildman–Crippen MR) is 141 cm³/mol. The lowest BCUT2D eigenvalue weighted by Gasteiger charge is -2.22. The molecule has 0 saturated carbocycles. The Labute approximate surface area is 220 Å². The van der Waals surface area contributed by atoms with Gasteiger partial charge in [-0.05, 0) is 74.3 Å². The van der Waals surface area contributed by atoms with Crippen LogP contribution in [0.1, 0.15) is 24.8 Å². The highest BCUT2D eigenvalue weighted by Gasteiger charge is 2.19. The first kappa shape index (κ1) is 27.3. The average Bonchev–Trinajstić information content (AvgIpc) is 3.08. The minimum absolute atomic E-state index is 0.0245. The summed E-state index contributed by atoms with van der Waals surface area (Å²) in [5.41, 5.74) is 1.27. The molecule has 0 radical (unpaired) electrons. The van der Waals surface area contributed by atoms with E-state index in [1.165, 1.54) is 24.3 Å². The van der Waals surface area contributed by atoms with E-state index in [4.69, 9.17) is 34.8 Å². The van der Waals surface area contributed by atoms with Gasteiger partial charge in [0, 0.05) is 37.9 Å². The molecule has 3 rings (SSSR count). The van der Waals surface area contributed by atoms with Crippen LogP contribution in [0.25, 0.3) is 6.08 Å². The normalized spacial score (nSPS) is 14.7. The summed E-state index contributed by atoms with van der Waals surface area (Å²) in [6, 6.07) is 9.10. The molecule has 1 heterocycles. The molecule has 0 atom stereocenters. The Kier molecular flexibility index (Phi) is 10.7. The van der Waals surface area contributed by atoms with E-state index in [0.29, 0.717) is 35.4 Å². The van der Waals surface area contributed by atoms with Gasteiger partial charge in [0.1, 0.15) is 5.82 Å². The largest absolute Gasteiger partial charge is 0.353 e. The first-order chi connectivity index (χ1) is 16.8. The van der Waals surface area contributed by atoms with Gasteiger partial charge in [-0.3, -0.25) is 4.79 Å². The van der Waals surface area contributed by atoms with E-state index in [9.17, 15) is 14.0 Å². The van der Waals surface area contributed by atoms with Crippen LogP contribution in [0.2, 0.25) is 15.1 Å². The molecule has 0 bridgehead atoms. The van der Waals surface area contributed by atoms with E-state index in [-0.39, 0.29) is 17.0 Å². The highest BCUT2D eigenvalue weighted by molar-refractivity contribution is 6.42. The number of anilines is 1. The summed E-state index contributed by atoms with van der Waals surface area (Å²) in [6.07, 6.45) is 5.85. The molecule has 2 aromatic carbocycles. The Morgan fingerprint density at radius 2 is 1.77 bits per heavy atom. The van der Waals surface area contributed by atoms with E-state index in [1.807, 2.05) is 0 Å². The van der Waals surface area contributed by atoms with Crippen molar-refractivity contribution < 1.29 is 14.0 Å². The Morgan fingerprint density at radius 1 is 0.943 bits per heavy atom. The molecule has 0 aliphatic carbocycles. The number of rotatable bonds is 8. The molecule has 188 valence electrons. The van der Waals surface area contributed by atoms with E-state index < -0.39 is 5.82 Å². The maximum Gasteiger partial charge on any atom is 0.321 e. The summed E-state index contributed by atoms with van der Waals surface area (Å²) >= 11 is 17.7. The number of hydrogen-bond acceptors (Lipinski definition) is 3. The fourth-order valence-electron chi connectivity index (χ4n) is 3.69. The van der Waals surface area contributed by atoms with Gasteiger partial charge in [0.05, 0.1) is 15.1 Å². The lowest BCUT2D eigenvalue weighted by Crippen LogP contribution is -2.38. The number of halogens is 4. The zero-order chi connectivity index (χ0) is 25.2. The molecule has 1 fully saturated rings. The summed E-state index contributed by atoms with van der Waals surface area (Å²) in [5, 5.41) is 6.56. The van der Waals surface area contributed by atoms with Crippen LogP contribution in [0.15, 0.2) is 42.5 Å². The van der Waals surface area contributed by atoms with Crippen LogP contribution in [0.3, 0.4) is 0 Å². The fraction of sp³-hybridized carbons (Fsp3) is 0.360. The van der Waals surface area contributed by atoms with Gasteiger partial charge in [0.25, 0.3) is 0 Å². The number of carbonyl (C=O) groups is 2. The van der Waals surface area contributed by atoms with Crippen LogP contribution in [0.5, 0.6) is 0 Å². The molecule has 0 spiro atoms. The van der Waals surface area contributed by atoms with Gasteiger partial charge >= 0.3 is 6.03 Å². The molecule has 1 saturated heterocycles. The van der Waals surface area contributed by atoms with Crippen LogP contribution >= 0.6 is 34.8 Å². The molecule has 1 aliphatic heterocycles. The molecule has 2 aromatic rings. The molecule has 3 amide bonds. The zero-order valence-corrected chi connectivity index (χ0v) is 21.5. The van der Waals surface area contributed by atoms with E-state index in [1.54, 1.807) is 29.2 Å². The zero-order valence-electron chi connectivity index (χ0n) is 19.2. The van der Waals surface area contributed by atoms with Crippen LogP contribution in [0.4, 0.5) is 14.9 Å². The van der Waals surface area contributed by atoms with Gasteiger partial charge in [0.15, 0.2) is 0 Å². The monoisotopic (exact) mass is 540 g/mol. The van der Waals surface area contributed by atoms with Gasteiger partial charge in [-0.2, -0.15) is 0 Å². The number of nitrogens with zero attached hydrogens (tertiary/aromatic N) is 2. The molecule has 1 aliphatic rings. The number of nitrogens with one attached hydrogen (secondary N) is 2. The molecular formula is C25H28Cl3FN4O2. The highest BCUT2D eigenvalue weighted by Crippen LogP contribution is 2.23. The van der Waals surface area contributed by atoms with Crippen LogP contribution in [-0.2, 0) is 4.79 Å². The molecule has 0 aromatic heterocycles. The molecule has 35 heavy (non-hydrogen) atoms. The minimum atomic E-state index is -0.519. The van der Waals surface area contributed by atoms with Crippen molar-refractivity contribution in [3.63, 3.8) is 0 Å². The minimum Gasteiger partial charge on any atom is -0.353 e. The lowest BCUT2D eigenvalue weighted by atomic mass is 10.2. The second-order valence-corrected chi connectivity index (χ2v) is 9.47. The summed E-state index contributed by atoms with van der Waals surface area (Å²) in [5.74, 6) is -0.677. The number of benzene rings is 2. The second-order valence-electron chi connectivity index (χ2n) is 8.25. The van der Waals surface area contributed by atoms with Crippen LogP contribution in [-0.4, -0.2) is 61.0 Å². The average molecular weight is 542 g/mol. The topological polar surface area (TPSA) is 64.7 Å². The summed E-state index contributed by atoms with van der Waals surface area (Å²) < 4.78 is 13.3. The molecule has 6 nitrogen and oxygen atoms in total. The highest BCUT2D eigenvalue weighted by atomic mass is 35.5. The number of carbonyl (C=O) groups excluding carboxylic acids is 2. The van der Waals surface area contributed by atoms with Gasteiger partial charge in [-0.1, -0.05) is 40.9 Å². The van der Waals surface area contributed by atoms with Gasteiger partial charge in [0.2, 0.25) is 5.91 Å². The molecule has 2 N–H and O–H groups in total. The number of hydrogen-bond donors (Lipinski definition) is 2. The van der Waals surface area contributed by atoms with Crippen molar-refractivity contribution in [2.24, 2.45) is 0 Å². The Bertz CT molecular complexity index is 1070. The third kappa shape index (κ3) is 9.00. The van der Waals surface area contributed by atoms with E-state index in [2.05, 4.69) is 15.5 Å². The fourth-order valence-corrected chi connectivity index (χ4v) is 4.18. The van der Waals surface area contributed by atoms with Gasteiger partial charge in [-0.15, -0.1) is 0 Å². The van der Waals surface area contributed by atoms with Crippen LogP contribution < -0.4 is 10.6 Å². The summed E-state index contributed by atoms with van der Waals surface area (Å²) in [6.45, 7) is 4.43. The van der Waals surface area contributed by atoms with E-state index in [0.717, 1.165) is 44.5 Å². The smallest absolute Gasteiger partial charge is 0.321 e. The van der Waals surface area contributed by atoms with Crippen molar-refractivity contribution in [3.8, 4) is 0 Å². The lowest BCUT2D eigenvalue weighted by molar-refractivity contribution is -0.116. The number of urea groups is 1. The second kappa shape index (κ2) is 13.7. The third-order valence-corrected chi connectivity index (χ3v) is 6.65. The van der Waals surface area contributed by atoms with Crippen molar-refractivity contribution in [3.05, 3.63) is 68.9 Å². The summed E-state index contributed by atoms with van der Waals surface area (Å²) in [7, 11) is 0. The maximum absolute atomic E-state index is 13.3. The quantitative estimate of drug-likeness (QED) is 0.321. The van der Waals surface area contributed by atoms with Crippen molar-refractivity contribution in [1.29, 1.82) is 0 Å². The van der Waals surface area contributed by atoms with Crippen molar-refractivity contribution >= 4 is 58.5 Å². The summed E-state index contributed by atoms with van der Waals surface area (Å²) in [4.78, 5) is 28.7. The standard InChI is InChI=1S/C25H28Cl3FN4O2/c26-20-7-4-18(16-21(20)27)5-9-24(34)30-10-1-2-11-32-12-3-13-33(15-14-32)25(35)31-19-6-8-23(29)22(28)17-19/h4-9,16-17H,1-3,10-15H2,(H,30,34)(H,31,35)/b9-5+. The molecule has 0 unspecified atom stereocenters. The molecular weight excluding hydrogens is 514 g/mol. The Morgan fingerprint density at radius 3 is 2.54 bits per heavy atom. The maximum atomic E-state index is 13.3. The number of amides is 3. The van der Waals surface area contributed by atoms with Crippen molar-refractivity contribution in [2.45, 2.75) is 19.3 Å². The molecule has 10 heteroatoms. The first-order valence-corrected chi connectivity index (χ1v) is 12.6. The first-order valence-electron chi connectivity index (χ1n) is 11.5. The van der Waals surface area contributed by atoms with Gasteiger partial charge < -0.3 is 20.4 Å². The Hall–Kier alpha value is -2.32. The van der Waals surface area contributed by atoms with Crippen LogP contribution in [0, 0.1) is 5.82 Å². The predicted octanol–water partition coefficient (Wildman–Crippen LogP) is 5.94. The Balaban J connectivity index is 1.32. The number of unbranched alkanes of at least 4 members (excludes halogenated alkanes) is 1.